The van der Waals surface area contributed by atoms with Crippen molar-refractivity contribution in [1.29, 1.82) is 0 Å². The molecule has 0 bridgehead atoms. The Kier molecular flexibility index (Phi) is 4.80. The number of nitrogens with two attached hydrogens (primary N) is 1. The Bertz CT molecular complexity index is 313. The van der Waals surface area contributed by atoms with E-state index in [0.717, 1.165) is 25.7 Å². The van der Waals surface area contributed by atoms with E-state index in [4.69, 9.17) is 5.73 Å². The van der Waals surface area contributed by atoms with E-state index < -0.39 is 9.84 Å². The van der Waals surface area contributed by atoms with E-state index in [-0.39, 0.29) is 17.2 Å². The highest BCUT2D eigenvalue weighted by Gasteiger charge is 2.36. The highest BCUT2D eigenvalue weighted by atomic mass is 32.2. The summed E-state index contributed by atoms with van der Waals surface area (Å²) in [6.07, 6.45) is 3.58. The third-order valence-electron chi connectivity index (χ3n) is 3.78. The lowest BCUT2D eigenvalue weighted by molar-refractivity contribution is 0.345. The van der Waals surface area contributed by atoms with E-state index in [1.165, 1.54) is 0 Å². The predicted octanol–water partition coefficient (Wildman–Crippen LogP) is 1.96. The predicted molar refractivity (Wildman–Crippen MR) is 68.0 cm³/mol. The van der Waals surface area contributed by atoms with Crippen LogP contribution in [0.15, 0.2) is 0 Å². The van der Waals surface area contributed by atoms with Gasteiger partial charge in [-0.15, -0.1) is 0 Å². The van der Waals surface area contributed by atoms with Crippen LogP contribution in [0, 0.1) is 11.8 Å². The van der Waals surface area contributed by atoms with Crippen LogP contribution in [0.2, 0.25) is 0 Å². The highest BCUT2D eigenvalue weighted by molar-refractivity contribution is 7.92. The van der Waals surface area contributed by atoms with Crippen LogP contribution in [-0.2, 0) is 9.84 Å². The minimum Gasteiger partial charge on any atom is -0.327 e. The van der Waals surface area contributed by atoms with Crippen molar-refractivity contribution in [3.05, 3.63) is 0 Å². The van der Waals surface area contributed by atoms with Gasteiger partial charge in [0.25, 0.3) is 0 Å². The molecule has 4 heteroatoms. The Morgan fingerprint density at radius 3 is 2.56 bits per heavy atom. The third kappa shape index (κ3) is 3.45. The largest absolute Gasteiger partial charge is 0.327 e. The molecule has 3 nitrogen and oxygen atoms in total. The van der Waals surface area contributed by atoms with Gasteiger partial charge in [-0.05, 0) is 31.1 Å². The van der Waals surface area contributed by atoms with Gasteiger partial charge in [-0.3, -0.25) is 0 Å². The lowest BCUT2D eigenvalue weighted by atomic mass is 9.87. The molecule has 2 N–H and O–H groups in total. The maximum absolute atomic E-state index is 12.2. The lowest BCUT2D eigenvalue weighted by Gasteiger charge is -2.32. The first kappa shape index (κ1) is 14.0. The molecule has 0 aliphatic heterocycles. The summed E-state index contributed by atoms with van der Waals surface area (Å²) < 4.78 is 24.5. The minimum absolute atomic E-state index is 0.148. The first-order valence-corrected chi connectivity index (χ1v) is 8.05. The number of hydrogen-bond acceptors (Lipinski definition) is 3. The van der Waals surface area contributed by atoms with Crippen LogP contribution in [0.3, 0.4) is 0 Å². The van der Waals surface area contributed by atoms with E-state index in [1.807, 2.05) is 13.8 Å². The van der Waals surface area contributed by atoms with E-state index in [0.29, 0.717) is 11.7 Å². The summed E-state index contributed by atoms with van der Waals surface area (Å²) in [6.45, 7) is 6.15. The van der Waals surface area contributed by atoms with Gasteiger partial charge in [0.2, 0.25) is 0 Å². The molecule has 1 fully saturated rings. The second kappa shape index (κ2) is 5.50. The van der Waals surface area contributed by atoms with Gasteiger partial charge in [0.05, 0.1) is 11.0 Å². The summed E-state index contributed by atoms with van der Waals surface area (Å²) in [5.41, 5.74) is 5.97. The molecule has 96 valence electrons. The second-order valence-corrected chi connectivity index (χ2v) is 7.73. The molecule has 0 aromatic rings. The molecule has 4 atom stereocenters. The molecule has 0 radical (unpaired) electrons. The fourth-order valence-corrected chi connectivity index (χ4v) is 4.97. The monoisotopic (exact) mass is 247 g/mol. The number of rotatable bonds is 4. The van der Waals surface area contributed by atoms with E-state index >= 15 is 0 Å². The van der Waals surface area contributed by atoms with Gasteiger partial charge in [0.15, 0.2) is 9.84 Å². The highest BCUT2D eigenvalue weighted by Crippen LogP contribution is 2.29. The number of sulfone groups is 1. The molecule has 0 aromatic heterocycles. The fourth-order valence-electron chi connectivity index (χ4n) is 2.40. The molecule has 16 heavy (non-hydrogen) atoms. The van der Waals surface area contributed by atoms with E-state index in [1.54, 1.807) is 0 Å². The Labute approximate surface area is 99.7 Å². The van der Waals surface area contributed by atoms with Crippen molar-refractivity contribution in [3.63, 3.8) is 0 Å². The second-order valence-electron chi connectivity index (χ2n) is 5.46. The van der Waals surface area contributed by atoms with Crippen molar-refractivity contribution >= 4 is 9.84 Å². The van der Waals surface area contributed by atoms with Gasteiger partial charge in [-0.1, -0.05) is 27.2 Å². The molecule has 4 unspecified atom stereocenters. The normalized spacial score (nSPS) is 33.6. The zero-order valence-corrected chi connectivity index (χ0v) is 11.5. The molecule has 1 aliphatic rings. The molecule has 1 rings (SSSR count). The van der Waals surface area contributed by atoms with Gasteiger partial charge in [0.1, 0.15) is 0 Å². The summed E-state index contributed by atoms with van der Waals surface area (Å²) >= 11 is 0. The van der Waals surface area contributed by atoms with Crippen LogP contribution in [0.5, 0.6) is 0 Å². The van der Waals surface area contributed by atoms with Gasteiger partial charge in [0, 0.05) is 6.04 Å². The van der Waals surface area contributed by atoms with Gasteiger partial charge < -0.3 is 5.73 Å². The topological polar surface area (TPSA) is 60.2 Å². The third-order valence-corrected chi connectivity index (χ3v) is 6.28. The Hall–Kier alpha value is -0.0900. The van der Waals surface area contributed by atoms with Crippen LogP contribution < -0.4 is 5.73 Å². The van der Waals surface area contributed by atoms with Crippen LogP contribution in [0.1, 0.15) is 46.5 Å². The molecule has 0 spiro atoms. The molecule has 0 aromatic carbocycles. The Morgan fingerprint density at radius 2 is 2.00 bits per heavy atom. The average Bonchev–Trinajstić information content (AvgIpc) is 2.20. The maximum atomic E-state index is 12.2. The zero-order chi connectivity index (χ0) is 12.3. The summed E-state index contributed by atoms with van der Waals surface area (Å²) in [7, 11) is -3.00. The molecule has 1 saturated carbocycles. The van der Waals surface area contributed by atoms with Crippen molar-refractivity contribution in [3.8, 4) is 0 Å². The van der Waals surface area contributed by atoms with Crippen LogP contribution in [-0.4, -0.2) is 25.5 Å². The molecule has 0 heterocycles. The molecular formula is C12H25NO2S. The Morgan fingerprint density at radius 1 is 1.38 bits per heavy atom. The molecule has 1 aliphatic carbocycles. The first-order valence-electron chi connectivity index (χ1n) is 6.34. The van der Waals surface area contributed by atoms with Crippen LogP contribution >= 0.6 is 0 Å². The van der Waals surface area contributed by atoms with Crippen LogP contribution in [0.4, 0.5) is 0 Å². The first-order chi connectivity index (χ1) is 7.36. The standard InChI is InChI=1S/C12H25NO2S/c1-4-9(2)8-16(14,15)12-7-10(3)5-6-11(12)13/h9-12H,4-8,13H2,1-3H3. The summed E-state index contributed by atoms with van der Waals surface area (Å²) in [4.78, 5) is 0. The van der Waals surface area contributed by atoms with Crippen LogP contribution in [0.25, 0.3) is 0 Å². The number of hydrogen-bond donors (Lipinski definition) is 1. The van der Waals surface area contributed by atoms with E-state index in [2.05, 4.69) is 6.92 Å². The van der Waals surface area contributed by atoms with Crippen molar-refractivity contribution in [1.82, 2.24) is 0 Å². The van der Waals surface area contributed by atoms with Crippen molar-refractivity contribution < 1.29 is 8.42 Å². The van der Waals surface area contributed by atoms with Gasteiger partial charge in [-0.2, -0.15) is 0 Å². The quantitative estimate of drug-likeness (QED) is 0.826. The summed E-state index contributed by atoms with van der Waals surface area (Å²) in [6, 6.07) is -0.148. The van der Waals surface area contributed by atoms with Gasteiger partial charge >= 0.3 is 0 Å². The molecule has 0 amide bonds. The van der Waals surface area contributed by atoms with Crippen molar-refractivity contribution in [2.75, 3.05) is 5.75 Å². The minimum atomic E-state index is -3.00. The van der Waals surface area contributed by atoms with Crippen molar-refractivity contribution in [2.45, 2.75) is 57.7 Å². The Balaban J connectivity index is 2.73. The van der Waals surface area contributed by atoms with Gasteiger partial charge in [-0.25, -0.2) is 8.42 Å². The molecular weight excluding hydrogens is 222 g/mol. The SMILES string of the molecule is CCC(C)CS(=O)(=O)C1CC(C)CCC1N. The fraction of sp³-hybridized carbons (Fsp3) is 1.00. The lowest BCUT2D eigenvalue weighted by Crippen LogP contribution is -2.46. The maximum Gasteiger partial charge on any atom is 0.154 e. The average molecular weight is 247 g/mol. The smallest absolute Gasteiger partial charge is 0.154 e. The summed E-state index contributed by atoms with van der Waals surface area (Å²) in [5.74, 6) is 1.04. The zero-order valence-electron chi connectivity index (χ0n) is 10.6. The van der Waals surface area contributed by atoms with E-state index in [9.17, 15) is 8.42 Å². The summed E-state index contributed by atoms with van der Waals surface area (Å²) in [5, 5.41) is -0.301. The molecule has 0 saturated heterocycles. The van der Waals surface area contributed by atoms with Crippen molar-refractivity contribution in [2.24, 2.45) is 17.6 Å².